The second-order valence-corrected chi connectivity index (χ2v) is 5.52. The molecular formula is C16H24N4O. The van der Waals surface area contributed by atoms with E-state index in [-0.39, 0.29) is 6.04 Å². The van der Waals surface area contributed by atoms with Crippen molar-refractivity contribution in [1.82, 2.24) is 14.8 Å². The fourth-order valence-electron chi connectivity index (χ4n) is 2.42. The van der Waals surface area contributed by atoms with Crippen LogP contribution in [0.4, 0.5) is 0 Å². The van der Waals surface area contributed by atoms with E-state index in [4.69, 9.17) is 10.5 Å². The van der Waals surface area contributed by atoms with Gasteiger partial charge in [0.1, 0.15) is 18.7 Å². The van der Waals surface area contributed by atoms with Crippen molar-refractivity contribution in [1.29, 1.82) is 0 Å². The molecule has 2 aromatic rings. The van der Waals surface area contributed by atoms with Crippen LogP contribution in [0.3, 0.4) is 0 Å². The first-order valence-corrected chi connectivity index (χ1v) is 7.32. The predicted octanol–water partition coefficient (Wildman–Crippen LogP) is 2.29. The van der Waals surface area contributed by atoms with E-state index < -0.39 is 0 Å². The van der Waals surface area contributed by atoms with Gasteiger partial charge in [-0.3, -0.25) is 4.68 Å². The second-order valence-electron chi connectivity index (χ2n) is 5.52. The molecule has 1 unspecified atom stereocenters. The van der Waals surface area contributed by atoms with E-state index in [9.17, 15) is 0 Å². The zero-order valence-electron chi connectivity index (χ0n) is 13.3. The standard InChI is InChI=1S/C16H24N4O/c1-5-14(17)8-13-6-11(2)16(12(3)7-13)21-9-15-18-10-19-20(15)4/h6-7,10,14H,5,8-9,17H2,1-4H3. The molecule has 0 saturated heterocycles. The van der Waals surface area contributed by atoms with Crippen LogP contribution in [0.25, 0.3) is 0 Å². The molecule has 1 atom stereocenters. The number of ether oxygens (including phenoxy) is 1. The summed E-state index contributed by atoms with van der Waals surface area (Å²) in [6, 6.07) is 4.54. The number of hydrogen-bond acceptors (Lipinski definition) is 4. The highest BCUT2D eigenvalue weighted by atomic mass is 16.5. The molecule has 5 heteroatoms. The maximum absolute atomic E-state index is 6.03. The van der Waals surface area contributed by atoms with E-state index in [2.05, 4.69) is 43.0 Å². The maximum Gasteiger partial charge on any atom is 0.164 e. The van der Waals surface area contributed by atoms with Crippen LogP contribution in [-0.2, 0) is 20.1 Å². The van der Waals surface area contributed by atoms with Crippen LogP contribution in [-0.4, -0.2) is 20.8 Å². The van der Waals surface area contributed by atoms with E-state index >= 15 is 0 Å². The minimum Gasteiger partial charge on any atom is -0.485 e. The first-order valence-electron chi connectivity index (χ1n) is 7.32. The number of nitrogens with two attached hydrogens (primary N) is 1. The molecule has 0 radical (unpaired) electrons. The summed E-state index contributed by atoms with van der Waals surface area (Å²) in [5, 5.41) is 4.04. The van der Waals surface area contributed by atoms with Crippen molar-refractivity contribution >= 4 is 0 Å². The second kappa shape index (κ2) is 6.72. The van der Waals surface area contributed by atoms with Crippen LogP contribution in [0, 0.1) is 13.8 Å². The maximum atomic E-state index is 6.03. The Morgan fingerprint density at radius 2 is 1.95 bits per heavy atom. The Balaban J connectivity index is 2.11. The van der Waals surface area contributed by atoms with Gasteiger partial charge in [0.05, 0.1) is 0 Å². The zero-order valence-corrected chi connectivity index (χ0v) is 13.3. The molecule has 0 bridgehead atoms. The van der Waals surface area contributed by atoms with Crippen molar-refractivity contribution in [2.45, 2.75) is 46.3 Å². The third-order valence-corrected chi connectivity index (χ3v) is 3.69. The summed E-state index contributed by atoms with van der Waals surface area (Å²) >= 11 is 0. The molecule has 2 N–H and O–H groups in total. The molecule has 5 nitrogen and oxygen atoms in total. The van der Waals surface area contributed by atoms with Gasteiger partial charge in [-0.1, -0.05) is 19.1 Å². The fraction of sp³-hybridized carbons (Fsp3) is 0.500. The quantitative estimate of drug-likeness (QED) is 0.885. The molecule has 0 amide bonds. The average Bonchev–Trinajstić information content (AvgIpc) is 2.83. The Bertz CT molecular complexity index is 583. The monoisotopic (exact) mass is 288 g/mol. The van der Waals surface area contributed by atoms with Gasteiger partial charge in [0, 0.05) is 13.1 Å². The lowest BCUT2D eigenvalue weighted by atomic mass is 9.99. The number of nitrogens with zero attached hydrogens (tertiary/aromatic N) is 3. The summed E-state index contributed by atoms with van der Waals surface area (Å²) in [5.41, 5.74) is 9.57. The summed E-state index contributed by atoms with van der Waals surface area (Å²) in [6.45, 7) is 6.68. The highest BCUT2D eigenvalue weighted by molar-refractivity contribution is 5.43. The van der Waals surface area contributed by atoms with Crippen molar-refractivity contribution in [2.24, 2.45) is 12.8 Å². The fourth-order valence-corrected chi connectivity index (χ4v) is 2.42. The topological polar surface area (TPSA) is 66.0 Å². The Morgan fingerprint density at radius 3 is 2.48 bits per heavy atom. The van der Waals surface area contributed by atoms with Gasteiger partial charge in [-0.2, -0.15) is 5.10 Å². The van der Waals surface area contributed by atoms with Crippen LogP contribution in [0.15, 0.2) is 18.5 Å². The van der Waals surface area contributed by atoms with Gasteiger partial charge in [0.2, 0.25) is 0 Å². The third kappa shape index (κ3) is 3.82. The van der Waals surface area contributed by atoms with Gasteiger partial charge in [-0.15, -0.1) is 0 Å². The molecule has 21 heavy (non-hydrogen) atoms. The summed E-state index contributed by atoms with van der Waals surface area (Å²) in [6.07, 6.45) is 3.43. The lowest BCUT2D eigenvalue weighted by Crippen LogP contribution is -2.21. The van der Waals surface area contributed by atoms with Crippen molar-refractivity contribution in [2.75, 3.05) is 0 Å². The number of hydrogen-bond donors (Lipinski definition) is 1. The minimum atomic E-state index is 0.217. The lowest BCUT2D eigenvalue weighted by molar-refractivity contribution is 0.286. The van der Waals surface area contributed by atoms with Crippen molar-refractivity contribution in [3.63, 3.8) is 0 Å². The molecule has 0 aliphatic rings. The summed E-state index contributed by atoms with van der Waals surface area (Å²) in [5.74, 6) is 1.73. The third-order valence-electron chi connectivity index (χ3n) is 3.69. The summed E-state index contributed by atoms with van der Waals surface area (Å²) < 4.78 is 7.65. The van der Waals surface area contributed by atoms with Gasteiger partial charge in [-0.05, 0) is 43.4 Å². The van der Waals surface area contributed by atoms with Crippen LogP contribution in [0.2, 0.25) is 0 Å². The van der Waals surface area contributed by atoms with Gasteiger partial charge in [0.25, 0.3) is 0 Å². The highest BCUT2D eigenvalue weighted by Gasteiger charge is 2.10. The van der Waals surface area contributed by atoms with Gasteiger partial charge in [0.15, 0.2) is 5.82 Å². The molecule has 0 saturated carbocycles. The van der Waals surface area contributed by atoms with Crippen LogP contribution < -0.4 is 10.5 Å². The normalized spacial score (nSPS) is 12.4. The van der Waals surface area contributed by atoms with Crippen molar-refractivity contribution in [3.05, 3.63) is 41.0 Å². The molecule has 0 spiro atoms. The SMILES string of the molecule is CCC(N)Cc1cc(C)c(OCc2ncnn2C)c(C)c1. The smallest absolute Gasteiger partial charge is 0.164 e. The van der Waals surface area contributed by atoms with Crippen LogP contribution in [0.5, 0.6) is 5.75 Å². The molecule has 114 valence electrons. The molecule has 0 fully saturated rings. The van der Waals surface area contributed by atoms with Crippen LogP contribution in [0.1, 0.15) is 35.9 Å². The minimum absolute atomic E-state index is 0.217. The van der Waals surface area contributed by atoms with E-state index in [0.717, 1.165) is 35.5 Å². The Labute approximate surface area is 126 Å². The number of aromatic nitrogens is 3. The molecular weight excluding hydrogens is 264 g/mol. The lowest BCUT2D eigenvalue weighted by Gasteiger charge is -2.15. The number of rotatable bonds is 6. The predicted molar refractivity (Wildman–Crippen MR) is 83.2 cm³/mol. The van der Waals surface area contributed by atoms with E-state index in [1.165, 1.54) is 11.9 Å². The first kappa shape index (κ1) is 15.5. The van der Waals surface area contributed by atoms with Crippen molar-refractivity contribution in [3.8, 4) is 5.75 Å². The van der Waals surface area contributed by atoms with Crippen molar-refractivity contribution < 1.29 is 4.74 Å². The van der Waals surface area contributed by atoms with E-state index in [0.29, 0.717) is 6.61 Å². The van der Waals surface area contributed by atoms with E-state index in [1.54, 1.807) is 4.68 Å². The van der Waals surface area contributed by atoms with Gasteiger partial charge in [-0.25, -0.2) is 4.98 Å². The average molecular weight is 288 g/mol. The van der Waals surface area contributed by atoms with E-state index in [1.807, 2.05) is 7.05 Å². The summed E-state index contributed by atoms with van der Waals surface area (Å²) in [4.78, 5) is 4.17. The molecule has 1 aromatic heterocycles. The van der Waals surface area contributed by atoms with Gasteiger partial charge >= 0.3 is 0 Å². The first-order chi connectivity index (χ1) is 10.0. The molecule has 0 aliphatic carbocycles. The molecule has 2 rings (SSSR count). The Kier molecular flexibility index (Phi) is 4.96. The molecule has 1 heterocycles. The molecule has 0 aliphatic heterocycles. The molecule has 1 aromatic carbocycles. The zero-order chi connectivity index (χ0) is 15.4. The van der Waals surface area contributed by atoms with Gasteiger partial charge < -0.3 is 10.5 Å². The Morgan fingerprint density at radius 1 is 1.29 bits per heavy atom. The van der Waals surface area contributed by atoms with Crippen LogP contribution >= 0.6 is 0 Å². The largest absolute Gasteiger partial charge is 0.485 e. The summed E-state index contributed by atoms with van der Waals surface area (Å²) in [7, 11) is 1.86. The highest BCUT2D eigenvalue weighted by Crippen LogP contribution is 2.26. The number of benzene rings is 1. The number of aryl methyl sites for hydroxylation is 3. The Hall–Kier alpha value is -1.88.